The molecule has 6 heteroatoms. The molecule has 2 N–H and O–H groups in total. The normalized spacial score (nSPS) is 10.9. The van der Waals surface area contributed by atoms with Gasteiger partial charge in [-0.3, -0.25) is 10.0 Å². The van der Waals surface area contributed by atoms with E-state index in [0.717, 1.165) is 22.3 Å². The van der Waals surface area contributed by atoms with Gasteiger partial charge in [0.15, 0.2) is 0 Å². The molecule has 3 aromatic rings. The number of carbonyl (C=O) groups is 1. The maximum absolute atomic E-state index is 14.6. The minimum absolute atomic E-state index is 0.223. The number of nitrogens with zero attached hydrogens (tertiary/aromatic N) is 1. The van der Waals surface area contributed by atoms with Crippen molar-refractivity contribution in [2.24, 2.45) is 0 Å². The molecule has 0 saturated carbocycles. The number of benzene rings is 3. The van der Waals surface area contributed by atoms with Gasteiger partial charge in [-0.15, -0.1) is 0 Å². The summed E-state index contributed by atoms with van der Waals surface area (Å²) in [5.41, 5.74) is 6.69. The molecule has 0 radical (unpaired) electrons. The Morgan fingerprint density at radius 1 is 1.06 bits per heavy atom. The monoisotopic (exact) mass is 436 g/mol. The summed E-state index contributed by atoms with van der Waals surface area (Å²) in [5, 5.41) is 8.52. The van der Waals surface area contributed by atoms with Crippen LogP contribution in [0, 0.1) is 12.7 Å². The van der Waals surface area contributed by atoms with Crippen LogP contribution in [0.1, 0.15) is 29.5 Å². The van der Waals surface area contributed by atoms with Crippen LogP contribution in [-0.4, -0.2) is 29.6 Å². The SMILES string of the molecule is Cc1c(COc2ccc(CN(C)CCCC(=O)NO)c(F)c2)cccc1-c1ccccc1. The molecule has 168 valence electrons. The maximum atomic E-state index is 14.6. The highest BCUT2D eigenvalue weighted by molar-refractivity contribution is 5.74. The predicted molar refractivity (Wildman–Crippen MR) is 123 cm³/mol. The van der Waals surface area contributed by atoms with Crippen molar-refractivity contribution >= 4 is 5.91 Å². The molecule has 0 heterocycles. The molecule has 0 aromatic heterocycles. The Labute approximate surface area is 188 Å². The zero-order valence-electron chi connectivity index (χ0n) is 18.5. The Hall–Kier alpha value is -3.22. The Morgan fingerprint density at radius 2 is 1.84 bits per heavy atom. The minimum Gasteiger partial charge on any atom is -0.489 e. The van der Waals surface area contributed by atoms with Gasteiger partial charge in [0.05, 0.1) is 0 Å². The third-order valence-electron chi connectivity index (χ3n) is 5.46. The van der Waals surface area contributed by atoms with E-state index in [2.05, 4.69) is 25.1 Å². The first-order valence-corrected chi connectivity index (χ1v) is 10.6. The molecule has 3 rings (SSSR count). The molecular weight excluding hydrogens is 407 g/mol. The summed E-state index contributed by atoms with van der Waals surface area (Å²) < 4.78 is 20.5. The molecule has 0 saturated heterocycles. The molecular formula is C26H29FN2O3. The first-order chi connectivity index (χ1) is 15.5. The van der Waals surface area contributed by atoms with Crippen LogP contribution in [0.5, 0.6) is 5.75 Å². The van der Waals surface area contributed by atoms with E-state index >= 15 is 0 Å². The van der Waals surface area contributed by atoms with Crippen molar-refractivity contribution in [1.82, 2.24) is 10.4 Å². The molecule has 0 aliphatic heterocycles. The van der Waals surface area contributed by atoms with Gasteiger partial charge < -0.3 is 9.64 Å². The maximum Gasteiger partial charge on any atom is 0.243 e. The molecule has 0 fully saturated rings. The standard InChI is InChI=1S/C26H29FN2O3/c1-19-22(10-6-11-24(19)20-8-4-3-5-9-20)18-32-23-14-13-21(25(27)16-23)17-29(2)15-7-12-26(30)28-31/h3-6,8-11,13-14,16,31H,7,12,15,17-18H2,1-2H3,(H,28,30). The molecule has 0 aliphatic carbocycles. The second-order valence-corrected chi connectivity index (χ2v) is 7.87. The lowest BCUT2D eigenvalue weighted by atomic mass is 9.97. The summed E-state index contributed by atoms with van der Waals surface area (Å²) >= 11 is 0. The Morgan fingerprint density at radius 3 is 2.56 bits per heavy atom. The van der Waals surface area contributed by atoms with Crippen molar-refractivity contribution in [2.45, 2.75) is 32.9 Å². The van der Waals surface area contributed by atoms with Gasteiger partial charge in [0.2, 0.25) is 5.91 Å². The van der Waals surface area contributed by atoms with Gasteiger partial charge in [-0.05, 0) is 55.3 Å². The lowest BCUT2D eigenvalue weighted by molar-refractivity contribution is -0.129. The van der Waals surface area contributed by atoms with Crippen LogP contribution in [0.2, 0.25) is 0 Å². The molecule has 0 atom stereocenters. The van der Waals surface area contributed by atoms with E-state index in [1.807, 2.05) is 42.3 Å². The van der Waals surface area contributed by atoms with E-state index in [9.17, 15) is 9.18 Å². The van der Waals surface area contributed by atoms with Crippen molar-refractivity contribution < 1.29 is 19.1 Å². The summed E-state index contributed by atoms with van der Waals surface area (Å²) in [4.78, 5) is 13.0. The van der Waals surface area contributed by atoms with Gasteiger partial charge in [-0.1, -0.05) is 54.6 Å². The van der Waals surface area contributed by atoms with Crippen molar-refractivity contribution in [2.75, 3.05) is 13.6 Å². The molecule has 3 aromatic carbocycles. The Bertz CT molecular complexity index is 1040. The third kappa shape index (κ3) is 6.39. The van der Waals surface area contributed by atoms with Crippen molar-refractivity contribution in [3.63, 3.8) is 0 Å². The van der Waals surface area contributed by atoms with Crippen LogP contribution < -0.4 is 10.2 Å². The third-order valence-corrected chi connectivity index (χ3v) is 5.46. The highest BCUT2D eigenvalue weighted by Crippen LogP contribution is 2.27. The highest BCUT2D eigenvalue weighted by Gasteiger charge is 2.10. The van der Waals surface area contributed by atoms with Gasteiger partial charge in [-0.2, -0.15) is 0 Å². The number of hydroxylamine groups is 1. The lowest BCUT2D eigenvalue weighted by Crippen LogP contribution is -2.23. The van der Waals surface area contributed by atoms with Crippen LogP contribution in [0.4, 0.5) is 4.39 Å². The summed E-state index contributed by atoms with van der Waals surface area (Å²) in [7, 11) is 1.86. The fourth-order valence-electron chi connectivity index (χ4n) is 3.61. The first-order valence-electron chi connectivity index (χ1n) is 10.6. The van der Waals surface area contributed by atoms with Crippen LogP contribution in [0.15, 0.2) is 66.7 Å². The lowest BCUT2D eigenvalue weighted by Gasteiger charge is -2.17. The molecule has 0 spiro atoms. The van der Waals surface area contributed by atoms with E-state index in [-0.39, 0.29) is 12.2 Å². The van der Waals surface area contributed by atoms with Crippen molar-refractivity contribution in [1.29, 1.82) is 0 Å². The average Bonchev–Trinajstić information content (AvgIpc) is 2.80. The van der Waals surface area contributed by atoms with Crippen LogP contribution >= 0.6 is 0 Å². The fourth-order valence-corrected chi connectivity index (χ4v) is 3.61. The number of ether oxygens (including phenoxy) is 1. The topological polar surface area (TPSA) is 61.8 Å². The van der Waals surface area contributed by atoms with Gasteiger partial charge in [-0.25, -0.2) is 9.87 Å². The highest BCUT2D eigenvalue weighted by atomic mass is 19.1. The number of rotatable bonds is 10. The second-order valence-electron chi connectivity index (χ2n) is 7.87. The van der Waals surface area contributed by atoms with Gasteiger partial charge in [0.25, 0.3) is 0 Å². The number of hydrogen-bond donors (Lipinski definition) is 2. The van der Waals surface area contributed by atoms with Gasteiger partial charge >= 0.3 is 0 Å². The zero-order valence-corrected chi connectivity index (χ0v) is 18.5. The van der Waals surface area contributed by atoms with E-state index in [0.29, 0.717) is 37.4 Å². The zero-order chi connectivity index (χ0) is 22.9. The molecule has 0 aliphatic rings. The number of nitrogens with one attached hydrogen (secondary N) is 1. The molecule has 0 bridgehead atoms. The number of hydrogen-bond acceptors (Lipinski definition) is 4. The number of halogens is 1. The number of carbonyl (C=O) groups excluding carboxylic acids is 1. The fraction of sp³-hybridized carbons (Fsp3) is 0.269. The van der Waals surface area contributed by atoms with E-state index in [1.54, 1.807) is 17.6 Å². The van der Waals surface area contributed by atoms with Gasteiger partial charge in [0, 0.05) is 24.6 Å². The molecule has 0 unspecified atom stereocenters. The smallest absolute Gasteiger partial charge is 0.243 e. The molecule has 32 heavy (non-hydrogen) atoms. The van der Waals surface area contributed by atoms with Crippen molar-refractivity contribution in [3.8, 4) is 16.9 Å². The van der Waals surface area contributed by atoms with E-state index in [1.165, 1.54) is 6.07 Å². The predicted octanol–water partition coefficient (Wildman–Crippen LogP) is 5.10. The quantitative estimate of drug-likeness (QED) is 0.343. The minimum atomic E-state index is -0.421. The summed E-state index contributed by atoms with van der Waals surface area (Å²) in [5.74, 6) is -0.258. The van der Waals surface area contributed by atoms with Crippen LogP contribution in [0.3, 0.4) is 0 Å². The first kappa shape index (κ1) is 23.4. The Balaban J connectivity index is 1.59. The summed E-state index contributed by atoms with van der Waals surface area (Å²) in [6.45, 7) is 3.47. The van der Waals surface area contributed by atoms with E-state index in [4.69, 9.17) is 9.94 Å². The molecule has 5 nitrogen and oxygen atoms in total. The molecule has 1 amide bonds. The number of amides is 1. The average molecular weight is 437 g/mol. The van der Waals surface area contributed by atoms with Gasteiger partial charge in [0.1, 0.15) is 18.2 Å². The van der Waals surface area contributed by atoms with Crippen LogP contribution in [0.25, 0.3) is 11.1 Å². The van der Waals surface area contributed by atoms with Crippen LogP contribution in [-0.2, 0) is 17.9 Å². The summed E-state index contributed by atoms with van der Waals surface area (Å²) in [6.07, 6.45) is 0.800. The van der Waals surface area contributed by atoms with Crippen molar-refractivity contribution in [3.05, 3.63) is 89.2 Å². The van der Waals surface area contributed by atoms with E-state index < -0.39 is 5.91 Å². The summed E-state index contributed by atoms with van der Waals surface area (Å²) in [6, 6.07) is 21.3. The largest absolute Gasteiger partial charge is 0.489 e. The second kappa shape index (κ2) is 11.4. The Kier molecular flexibility index (Phi) is 8.36.